The van der Waals surface area contributed by atoms with E-state index < -0.39 is 11.5 Å². The SMILES string of the molecule is CCC(=O)Nc1ccc(C)c(NC(=O)c2ccc(-c3cccc(C)c3)[nH]c2=O)c1. The lowest BCUT2D eigenvalue weighted by Gasteiger charge is -2.11. The van der Waals surface area contributed by atoms with Crippen molar-refractivity contribution in [1.82, 2.24) is 4.98 Å². The van der Waals surface area contributed by atoms with E-state index in [4.69, 9.17) is 0 Å². The van der Waals surface area contributed by atoms with Crippen molar-refractivity contribution in [2.75, 3.05) is 10.6 Å². The first-order chi connectivity index (χ1) is 13.9. The first-order valence-electron chi connectivity index (χ1n) is 9.39. The molecule has 0 atom stereocenters. The summed E-state index contributed by atoms with van der Waals surface area (Å²) >= 11 is 0. The molecule has 2 amide bonds. The van der Waals surface area contributed by atoms with E-state index in [1.54, 1.807) is 31.2 Å². The Morgan fingerprint density at radius 3 is 2.45 bits per heavy atom. The molecule has 0 aliphatic heterocycles. The van der Waals surface area contributed by atoms with E-state index in [2.05, 4.69) is 15.6 Å². The van der Waals surface area contributed by atoms with E-state index in [0.717, 1.165) is 16.7 Å². The molecule has 0 bridgehead atoms. The van der Waals surface area contributed by atoms with Crippen molar-refractivity contribution >= 4 is 23.2 Å². The van der Waals surface area contributed by atoms with Crippen molar-refractivity contribution in [3.05, 3.63) is 81.6 Å². The van der Waals surface area contributed by atoms with Crippen LogP contribution >= 0.6 is 0 Å². The summed E-state index contributed by atoms with van der Waals surface area (Å²) in [6.07, 6.45) is 0.359. The zero-order chi connectivity index (χ0) is 21.0. The molecule has 0 aliphatic rings. The topological polar surface area (TPSA) is 91.1 Å². The molecule has 0 spiro atoms. The van der Waals surface area contributed by atoms with Crippen LogP contribution < -0.4 is 16.2 Å². The van der Waals surface area contributed by atoms with Crippen molar-refractivity contribution in [3.63, 3.8) is 0 Å². The van der Waals surface area contributed by atoms with Crippen LogP contribution in [0.2, 0.25) is 0 Å². The quantitative estimate of drug-likeness (QED) is 0.609. The van der Waals surface area contributed by atoms with E-state index in [-0.39, 0.29) is 11.5 Å². The van der Waals surface area contributed by atoms with E-state index in [1.165, 1.54) is 6.07 Å². The van der Waals surface area contributed by atoms with E-state index in [0.29, 0.717) is 23.5 Å². The number of hydrogen-bond acceptors (Lipinski definition) is 3. The van der Waals surface area contributed by atoms with Gasteiger partial charge in [0, 0.05) is 23.5 Å². The molecule has 1 aromatic heterocycles. The fraction of sp³-hybridized carbons (Fsp3) is 0.174. The summed E-state index contributed by atoms with van der Waals surface area (Å²) in [5.41, 5.74) is 4.10. The Hall–Kier alpha value is -3.67. The maximum Gasteiger partial charge on any atom is 0.261 e. The molecule has 3 rings (SSSR count). The van der Waals surface area contributed by atoms with Crippen LogP contribution in [0.15, 0.2) is 59.4 Å². The fourth-order valence-electron chi connectivity index (χ4n) is 2.91. The normalized spacial score (nSPS) is 10.4. The van der Waals surface area contributed by atoms with Crippen LogP contribution in [0.25, 0.3) is 11.3 Å². The van der Waals surface area contributed by atoms with Crippen LogP contribution in [0.4, 0.5) is 11.4 Å². The highest BCUT2D eigenvalue weighted by atomic mass is 16.2. The minimum absolute atomic E-state index is 0.0174. The zero-order valence-electron chi connectivity index (χ0n) is 16.6. The third kappa shape index (κ3) is 4.79. The molecule has 0 unspecified atom stereocenters. The van der Waals surface area contributed by atoms with E-state index >= 15 is 0 Å². The van der Waals surface area contributed by atoms with Gasteiger partial charge in [-0.05, 0) is 55.3 Å². The Kier molecular flexibility index (Phi) is 5.93. The lowest BCUT2D eigenvalue weighted by Crippen LogP contribution is -2.23. The van der Waals surface area contributed by atoms with Crippen LogP contribution in [0.3, 0.4) is 0 Å². The monoisotopic (exact) mass is 389 g/mol. The number of rotatable bonds is 5. The fourth-order valence-corrected chi connectivity index (χ4v) is 2.91. The van der Waals surface area contributed by atoms with Gasteiger partial charge in [-0.1, -0.05) is 36.8 Å². The number of H-pyrrole nitrogens is 1. The highest BCUT2D eigenvalue weighted by Crippen LogP contribution is 2.21. The largest absolute Gasteiger partial charge is 0.326 e. The molecule has 1 heterocycles. The van der Waals surface area contributed by atoms with Gasteiger partial charge in [0.2, 0.25) is 5.91 Å². The van der Waals surface area contributed by atoms with Crippen molar-refractivity contribution in [2.45, 2.75) is 27.2 Å². The second kappa shape index (κ2) is 8.56. The van der Waals surface area contributed by atoms with Gasteiger partial charge in [0.1, 0.15) is 5.56 Å². The number of nitrogens with one attached hydrogen (secondary N) is 3. The second-order valence-electron chi connectivity index (χ2n) is 6.87. The summed E-state index contributed by atoms with van der Waals surface area (Å²) in [5.74, 6) is -0.626. The van der Waals surface area contributed by atoms with Gasteiger partial charge < -0.3 is 15.6 Å². The summed E-state index contributed by atoms with van der Waals surface area (Å²) in [6, 6.07) is 16.2. The lowest BCUT2D eigenvalue weighted by molar-refractivity contribution is -0.115. The first kappa shape index (κ1) is 20.1. The summed E-state index contributed by atoms with van der Waals surface area (Å²) in [7, 11) is 0. The molecule has 3 aromatic rings. The van der Waals surface area contributed by atoms with Crippen molar-refractivity contribution < 1.29 is 9.59 Å². The summed E-state index contributed by atoms with van der Waals surface area (Å²) in [4.78, 5) is 39.5. The van der Waals surface area contributed by atoms with Gasteiger partial charge >= 0.3 is 0 Å². The standard InChI is InChI=1S/C23H23N3O3/c1-4-21(27)24-17-9-8-15(3)20(13-17)26-23(29)18-10-11-19(25-22(18)28)16-7-5-6-14(2)12-16/h5-13H,4H2,1-3H3,(H,24,27)(H,25,28)(H,26,29). The van der Waals surface area contributed by atoms with Crippen molar-refractivity contribution in [3.8, 4) is 11.3 Å². The molecule has 6 heteroatoms. The van der Waals surface area contributed by atoms with E-state index in [1.807, 2.05) is 38.1 Å². The highest BCUT2D eigenvalue weighted by molar-refractivity contribution is 6.05. The predicted octanol–water partition coefficient (Wildman–Crippen LogP) is 4.26. The van der Waals surface area contributed by atoms with Gasteiger partial charge in [-0.25, -0.2) is 0 Å². The van der Waals surface area contributed by atoms with Gasteiger partial charge in [0.25, 0.3) is 11.5 Å². The summed E-state index contributed by atoms with van der Waals surface area (Å²) < 4.78 is 0. The zero-order valence-corrected chi connectivity index (χ0v) is 16.6. The number of carbonyl (C=O) groups excluding carboxylic acids is 2. The number of pyridine rings is 1. The number of amides is 2. The highest BCUT2D eigenvalue weighted by Gasteiger charge is 2.14. The molecule has 148 valence electrons. The molecule has 0 aliphatic carbocycles. The van der Waals surface area contributed by atoms with Crippen LogP contribution in [-0.4, -0.2) is 16.8 Å². The Morgan fingerprint density at radius 2 is 1.76 bits per heavy atom. The summed E-state index contributed by atoms with van der Waals surface area (Å²) in [6.45, 7) is 5.58. The number of aromatic amines is 1. The Morgan fingerprint density at radius 1 is 0.966 bits per heavy atom. The Bertz CT molecular complexity index is 1130. The van der Waals surface area contributed by atoms with Gasteiger partial charge in [-0.15, -0.1) is 0 Å². The number of anilines is 2. The number of hydrogen-bond donors (Lipinski definition) is 3. The maximum atomic E-state index is 12.7. The first-order valence-corrected chi connectivity index (χ1v) is 9.39. The molecule has 0 saturated heterocycles. The average Bonchev–Trinajstić information content (AvgIpc) is 2.70. The van der Waals surface area contributed by atoms with E-state index in [9.17, 15) is 14.4 Å². The molecule has 0 fully saturated rings. The van der Waals surface area contributed by atoms with Crippen molar-refractivity contribution in [1.29, 1.82) is 0 Å². The lowest BCUT2D eigenvalue weighted by atomic mass is 10.1. The number of aromatic nitrogens is 1. The molecule has 2 aromatic carbocycles. The molecule has 3 N–H and O–H groups in total. The number of carbonyl (C=O) groups is 2. The molecule has 6 nitrogen and oxygen atoms in total. The van der Waals surface area contributed by atoms with Gasteiger partial charge in [-0.3, -0.25) is 14.4 Å². The van der Waals surface area contributed by atoms with Crippen molar-refractivity contribution in [2.24, 2.45) is 0 Å². The molecule has 0 saturated carbocycles. The van der Waals surface area contributed by atoms with Crippen LogP contribution in [0.5, 0.6) is 0 Å². The average molecular weight is 389 g/mol. The minimum atomic E-state index is -0.510. The van der Waals surface area contributed by atoms with Gasteiger partial charge in [0.15, 0.2) is 0 Å². The maximum absolute atomic E-state index is 12.7. The van der Waals surface area contributed by atoms with Gasteiger partial charge in [0.05, 0.1) is 0 Å². The van der Waals surface area contributed by atoms with Crippen LogP contribution in [0.1, 0.15) is 34.8 Å². The molecule has 29 heavy (non-hydrogen) atoms. The second-order valence-corrected chi connectivity index (χ2v) is 6.87. The number of benzene rings is 2. The summed E-state index contributed by atoms with van der Waals surface area (Å²) in [5, 5.41) is 5.51. The predicted molar refractivity (Wildman–Crippen MR) is 115 cm³/mol. The molecule has 0 radical (unpaired) electrons. The van der Waals surface area contributed by atoms with Crippen LogP contribution in [0, 0.1) is 13.8 Å². The minimum Gasteiger partial charge on any atom is -0.326 e. The smallest absolute Gasteiger partial charge is 0.261 e. The third-order valence-corrected chi connectivity index (χ3v) is 4.57. The molecular weight excluding hydrogens is 366 g/mol. The molecular formula is C23H23N3O3. The van der Waals surface area contributed by atoms with Crippen LogP contribution in [-0.2, 0) is 4.79 Å². The Balaban J connectivity index is 1.83. The third-order valence-electron chi connectivity index (χ3n) is 4.57. The Labute approximate surface area is 169 Å². The van der Waals surface area contributed by atoms with Gasteiger partial charge in [-0.2, -0.15) is 0 Å². The number of aryl methyl sites for hydroxylation is 2.